The summed E-state index contributed by atoms with van der Waals surface area (Å²) in [5.74, 6) is 0.684. The van der Waals surface area contributed by atoms with Gasteiger partial charge in [0.25, 0.3) is 0 Å². The third kappa shape index (κ3) is 5.07. The molecule has 0 atom stereocenters. The van der Waals surface area contributed by atoms with Gasteiger partial charge in [-0.3, -0.25) is 0 Å². The number of hydrogen-bond acceptors (Lipinski definition) is 6. The summed E-state index contributed by atoms with van der Waals surface area (Å²) >= 11 is 0. The smallest absolute Gasteiger partial charge is 0.162 e. The maximum absolute atomic E-state index is 11.6. The van der Waals surface area contributed by atoms with Crippen LogP contribution in [0.5, 0.6) is 11.5 Å². The van der Waals surface area contributed by atoms with Gasteiger partial charge in [0, 0.05) is 13.2 Å². The lowest BCUT2D eigenvalue weighted by Gasteiger charge is -2.11. The highest BCUT2D eigenvalue weighted by Gasteiger charge is 2.12. The van der Waals surface area contributed by atoms with Crippen molar-refractivity contribution in [3.63, 3.8) is 0 Å². The van der Waals surface area contributed by atoms with Crippen LogP contribution >= 0.6 is 0 Å². The molecule has 1 aromatic rings. The van der Waals surface area contributed by atoms with Crippen LogP contribution in [0.15, 0.2) is 18.2 Å². The Hall–Kier alpha value is -1.78. The van der Waals surface area contributed by atoms with Crippen LogP contribution in [0.4, 0.5) is 0 Å². The third-order valence-electron chi connectivity index (χ3n) is 2.54. The molecule has 0 saturated heterocycles. The topological polar surface area (TPSA) is 85.6 Å². The van der Waals surface area contributed by atoms with Crippen molar-refractivity contribution in [2.75, 3.05) is 38.9 Å². The molecule has 0 amide bonds. The maximum atomic E-state index is 11.6. The first kappa shape index (κ1) is 16.3. The van der Waals surface area contributed by atoms with Crippen LogP contribution in [0, 0.1) is 11.3 Å². The zero-order chi connectivity index (χ0) is 15.0. The van der Waals surface area contributed by atoms with E-state index in [1.165, 1.54) is 20.3 Å². The van der Waals surface area contributed by atoms with Crippen LogP contribution in [-0.4, -0.2) is 47.4 Å². The van der Waals surface area contributed by atoms with Gasteiger partial charge in [-0.25, -0.2) is 8.42 Å². The van der Waals surface area contributed by atoms with Gasteiger partial charge in [-0.2, -0.15) is 5.26 Å². The van der Waals surface area contributed by atoms with E-state index < -0.39 is 9.84 Å². The zero-order valence-corrected chi connectivity index (χ0v) is 12.3. The summed E-state index contributed by atoms with van der Waals surface area (Å²) in [6.45, 7) is 0.191. The molecular weight excluding hydrogens is 282 g/mol. The monoisotopic (exact) mass is 299 g/mol. The quantitative estimate of drug-likeness (QED) is 0.712. The summed E-state index contributed by atoms with van der Waals surface area (Å²) in [6.07, 6.45) is 0. The van der Waals surface area contributed by atoms with E-state index in [0.717, 1.165) is 0 Å². The van der Waals surface area contributed by atoms with Crippen molar-refractivity contribution in [3.05, 3.63) is 23.8 Å². The Bertz CT molecular complexity index is 577. The summed E-state index contributed by atoms with van der Waals surface area (Å²) in [5, 5.41) is 8.78. The second-order valence-electron chi connectivity index (χ2n) is 3.97. The average molecular weight is 299 g/mol. The fourth-order valence-corrected chi connectivity index (χ4v) is 2.41. The maximum Gasteiger partial charge on any atom is 0.162 e. The van der Waals surface area contributed by atoms with E-state index in [1.54, 1.807) is 12.1 Å². The van der Waals surface area contributed by atoms with Crippen LogP contribution in [0.2, 0.25) is 0 Å². The zero-order valence-electron chi connectivity index (χ0n) is 11.5. The van der Waals surface area contributed by atoms with Crippen molar-refractivity contribution >= 4 is 9.84 Å². The molecule has 0 aliphatic rings. The molecule has 0 N–H and O–H groups in total. The summed E-state index contributed by atoms with van der Waals surface area (Å²) in [4.78, 5) is 0. The summed E-state index contributed by atoms with van der Waals surface area (Å²) in [6, 6.07) is 6.69. The lowest BCUT2D eigenvalue weighted by Crippen LogP contribution is -2.19. The minimum atomic E-state index is -3.19. The van der Waals surface area contributed by atoms with E-state index in [9.17, 15) is 8.42 Å². The number of hydrogen-bond donors (Lipinski definition) is 0. The largest absolute Gasteiger partial charge is 0.493 e. The number of ether oxygens (including phenoxy) is 3. The van der Waals surface area contributed by atoms with E-state index in [0.29, 0.717) is 17.1 Å². The molecule has 1 aromatic carbocycles. The number of nitrogens with zero attached hydrogens (tertiary/aromatic N) is 1. The Morgan fingerprint density at radius 3 is 2.45 bits per heavy atom. The number of benzene rings is 1. The minimum Gasteiger partial charge on any atom is -0.493 e. The first-order valence-electron chi connectivity index (χ1n) is 5.92. The molecule has 20 heavy (non-hydrogen) atoms. The highest BCUT2D eigenvalue weighted by molar-refractivity contribution is 7.91. The molecule has 0 aromatic heterocycles. The minimum absolute atomic E-state index is 0.0221. The van der Waals surface area contributed by atoms with Gasteiger partial charge < -0.3 is 14.2 Å². The SMILES string of the molecule is COCCS(=O)(=O)CCOc1ccc(C#N)cc1OC. The van der Waals surface area contributed by atoms with E-state index >= 15 is 0 Å². The van der Waals surface area contributed by atoms with Crippen LogP contribution in [0.3, 0.4) is 0 Å². The molecular formula is C13H17NO5S. The van der Waals surface area contributed by atoms with Gasteiger partial charge in [0.1, 0.15) is 6.61 Å². The van der Waals surface area contributed by atoms with Crippen LogP contribution in [-0.2, 0) is 14.6 Å². The molecule has 0 fully saturated rings. The summed E-state index contributed by atoms with van der Waals surface area (Å²) in [5.41, 5.74) is 0.446. The Kier molecular flexibility index (Phi) is 6.28. The molecule has 1 rings (SSSR count). The molecule has 0 unspecified atom stereocenters. The van der Waals surface area contributed by atoms with Gasteiger partial charge in [-0.15, -0.1) is 0 Å². The van der Waals surface area contributed by atoms with Crippen molar-refractivity contribution < 1.29 is 22.6 Å². The van der Waals surface area contributed by atoms with E-state index in [1.807, 2.05) is 6.07 Å². The molecule has 110 valence electrons. The predicted octanol–water partition coefficient (Wildman–Crippen LogP) is 1.01. The number of sulfone groups is 1. The number of rotatable bonds is 8. The highest BCUT2D eigenvalue weighted by Crippen LogP contribution is 2.27. The van der Waals surface area contributed by atoms with E-state index in [2.05, 4.69) is 0 Å². The molecule has 0 spiro atoms. The van der Waals surface area contributed by atoms with Crippen LogP contribution in [0.25, 0.3) is 0 Å². The first-order chi connectivity index (χ1) is 9.52. The molecule has 0 radical (unpaired) electrons. The fourth-order valence-electron chi connectivity index (χ4n) is 1.45. The number of methoxy groups -OCH3 is 2. The van der Waals surface area contributed by atoms with Crippen molar-refractivity contribution in [3.8, 4) is 17.6 Å². The predicted molar refractivity (Wildman–Crippen MR) is 73.7 cm³/mol. The molecule has 7 heteroatoms. The van der Waals surface area contributed by atoms with Gasteiger partial charge in [-0.05, 0) is 12.1 Å². The van der Waals surface area contributed by atoms with Crippen LogP contribution in [0.1, 0.15) is 5.56 Å². The molecule has 0 aliphatic heterocycles. The standard InChI is InChI=1S/C13H17NO5S/c1-17-5-7-20(15,16)8-6-19-12-4-3-11(10-14)9-13(12)18-2/h3-4,9H,5-8H2,1-2H3. The van der Waals surface area contributed by atoms with Crippen molar-refractivity contribution in [1.29, 1.82) is 5.26 Å². The van der Waals surface area contributed by atoms with Gasteiger partial charge >= 0.3 is 0 Å². The normalized spacial score (nSPS) is 10.8. The number of nitriles is 1. The van der Waals surface area contributed by atoms with Crippen molar-refractivity contribution in [2.45, 2.75) is 0 Å². The van der Waals surface area contributed by atoms with Crippen molar-refractivity contribution in [2.24, 2.45) is 0 Å². The molecule has 0 bridgehead atoms. The highest BCUT2D eigenvalue weighted by atomic mass is 32.2. The van der Waals surface area contributed by atoms with Gasteiger partial charge in [0.15, 0.2) is 21.3 Å². The second kappa shape index (κ2) is 7.72. The van der Waals surface area contributed by atoms with Gasteiger partial charge in [0.2, 0.25) is 0 Å². The van der Waals surface area contributed by atoms with Crippen LogP contribution < -0.4 is 9.47 Å². The summed E-state index contributed by atoms with van der Waals surface area (Å²) in [7, 11) is -0.280. The fraction of sp³-hybridized carbons (Fsp3) is 0.462. The second-order valence-corrected chi connectivity index (χ2v) is 6.27. The first-order valence-corrected chi connectivity index (χ1v) is 7.75. The Morgan fingerprint density at radius 2 is 1.85 bits per heavy atom. The molecule has 0 saturated carbocycles. The third-order valence-corrected chi connectivity index (χ3v) is 4.12. The van der Waals surface area contributed by atoms with E-state index in [4.69, 9.17) is 19.5 Å². The molecule has 0 heterocycles. The van der Waals surface area contributed by atoms with E-state index in [-0.39, 0.29) is 24.7 Å². The van der Waals surface area contributed by atoms with Crippen molar-refractivity contribution in [1.82, 2.24) is 0 Å². The molecule has 0 aliphatic carbocycles. The Morgan fingerprint density at radius 1 is 1.15 bits per heavy atom. The lowest BCUT2D eigenvalue weighted by molar-refractivity contribution is 0.217. The van der Waals surface area contributed by atoms with Gasteiger partial charge in [0.05, 0.1) is 36.9 Å². The average Bonchev–Trinajstić information content (AvgIpc) is 2.45. The van der Waals surface area contributed by atoms with Gasteiger partial charge in [-0.1, -0.05) is 0 Å². The Balaban J connectivity index is 2.60. The molecule has 6 nitrogen and oxygen atoms in total. The lowest BCUT2D eigenvalue weighted by atomic mass is 10.2. The Labute approximate surface area is 118 Å². The summed E-state index contributed by atoms with van der Waals surface area (Å²) < 4.78 is 38.4.